The molecule has 6 nitrogen and oxygen atoms in total. The van der Waals surface area contributed by atoms with E-state index in [2.05, 4.69) is 24.8 Å². The van der Waals surface area contributed by atoms with Crippen LogP contribution in [0.1, 0.15) is 23.3 Å². The van der Waals surface area contributed by atoms with E-state index in [1.807, 2.05) is 19.3 Å². The Labute approximate surface area is 105 Å². The first-order chi connectivity index (χ1) is 8.83. The highest BCUT2D eigenvalue weighted by molar-refractivity contribution is 5.05. The van der Waals surface area contributed by atoms with Crippen LogP contribution in [0.4, 0.5) is 0 Å². The fourth-order valence-electron chi connectivity index (χ4n) is 2.27. The first-order valence-corrected chi connectivity index (χ1v) is 6.13. The minimum atomic E-state index is 0.191. The highest BCUT2D eigenvalue weighted by Gasteiger charge is 2.27. The van der Waals surface area contributed by atoms with E-state index in [-0.39, 0.29) is 6.04 Å². The maximum absolute atomic E-state index is 5.57. The topological polar surface area (TPSA) is 69.8 Å². The average Bonchev–Trinajstić information content (AvgIpc) is 3.02. The molecular formula is C12H17N5O. The van der Waals surface area contributed by atoms with Crippen molar-refractivity contribution < 1.29 is 4.74 Å². The standard InChI is InChI=1S/C12H17N5O/c1-9-4-14-12(16-9)11-7-18-3-2-17(11)6-10-5-13-8-15-10/h4-5,8,11H,2-3,6-7H2,1H3,(H,13,15)(H,14,16)/t11-/m1/s1. The first-order valence-electron chi connectivity index (χ1n) is 6.13. The number of imidazole rings is 2. The maximum Gasteiger partial charge on any atom is 0.126 e. The van der Waals surface area contributed by atoms with E-state index in [1.165, 1.54) is 0 Å². The second-order valence-corrected chi connectivity index (χ2v) is 4.59. The number of nitrogens with zero attached hydrogens (tertiary/aromatic N) is 3. The van der Waals surface area contributed by atoms with Crippen molar-refractivity contribution in [2.75, 3.05) is 19.8 Å². The van der Waals surface area contributed by atoms with Crippen LogP contribution in [-0.2, 0) is 11.3 Å². The third kappa shape index (κ3) is 2.30. The van der Waals surface area contributed by atoms with Gasteiger partial charge in [-0.2, -0.15) is 0 Å². The van der Waals surface area contributed by atoms with Crippen molar-refractivity contribution in [3.63, 3.8) is 0 Å². The number of nitrogens with one attached hydrogen (secondary N) is 2. The average molecular weight is 247 g/mol. The third-order valence-corrected chi connectivity index (χ3v) is 3.21. The van der Waals surface area contributed by atoms with Gasteiger partial charge in [0.1, 0.15) is 5.82 Å². The predicted octanol–water partition coefficient (Wildman–Crippen LogP) is 1.01. The predicted molar refractivity (Wildman–Crippen MR) is 65.9 cm³/mol. The van der Waals surface area contributed by atoms with Gasteiger partial charge in [0.25, 0.3) is 0 Å². The molecule has 0 unspecified atom stereocenters. The second-order valence-electron chi connectivity index (χ2n) is 4.59. The second kappa shape index (κ2) is 4.91. The van der Waals surface area contributed by atoms with E-state index < -0.39 is 0 Å². The smallest absolute Gasteiger partial charge is 0.126 e. The number of ether oxygens (including phenoxy) is 1. The van der Waals surface area contributed by atoms with Crippen LogP contribution >= 0.6 is 0 Å². The molecule has 1 fully saturated rings. The van der Waals surface area contributed by atoms with Gasteiger partial charge in [-0.25, -0.2) is 9.97 Å². The van der Waals surface area contributed by atoms with Crippen LogP contribution < -0.4 is 0 Å². The van der Waals surface area contributed by atoms with Gasteiger partial charge in [-0.15, -0.1) is 0 Å². The van der Waals surface area contributed by atoms with Crippen LogP contribution in [0.3, 0.4) is 0 Å². The molecule has 1 atom stereocenters. The van der Waals surface area contributed by atoms with E-state index in [4.69, 9.17) is 4.74 Å². The van der Waals surface area contributed by atoms with Crippen LogP contribution in [0.15, 0.2) is 18.7 Å². The summed E-state index contributed by atoms with van der Waals surface area (Å²) < 4.78 is 5.57. The van der Waals surface area contributed by atoms with Crippen molar-refractivity contribution in [1.82, 2.24) is 24.8 Å². The summed E-state index contributed by atoms with van der Waals surface area (Å²) in [7, 11) is 0. The summed E-state index contributed by atoms with van der Waals surface area (Å²) in [5, 5.41) is 0. The van der Waals surface area contributed by atoms with Gasteiger partial charge in [-0.3, -0.25) is 4.90 Å². The van der Waals surface area contributed by atoms with E-state index in [1.54, 1.807) is 6.33 Å². The molecule has 0 saturated carbocycles. The highest BCUT2D eigenvalue weighted by Crippen LogP contribution is 2.23. The molecular weight excluding hydrogens is 230 g/mol. The molecule has 1 saturated heterocycles. The molecule has 1 aliphatic rings. The Hall–Kier alpha value is -1.66. The van der Waals surface area contributed by atoms with Gasteiger partial charge in [0.2, 0.25) is 0 Å². The Kier molecular flexibility index (Phi) is 3.12. The number of hydrogen-bond donors (Lipinski definition) is 2. The zero-order valence-corrected chi connectivity index (χ0v) is 10.4. The SMILES string of the molecule is Cc1cnc([C@H]2COCCN2Cc2cnc[nH]2)[nH]1. The lowest BCUT2D eigenvalue weighted by Crippen LogP contribution is -2.39. The Morgan fingerprint density at radius 1 is 1.50 bits per heavy atom. The number of morpholine rings is 1. The zero-order valence-electron chi connectivity index (χ0n) is 10.4. The molecule has 0 spiro atoms. The fraction of sp³-hybridized carbons (Fsp3) is 0.500. The first kappa shape index (κ1) is 11.4. The molecule has 2 aromatic heterocycles. The number of aromatic amines is 2. The molecule has 0 radical (unpaired) electrons. The van der Waals surface area contributed by atoms with Crippen molar-refractivity contribution >= 4 is 0 Å². The van der Waals surface area contributed by atoms with E-state index >= 15 is 0 Å². The van der Waals surface area contributed by atoms with Gasteiger partial charge in [0, 0.05) is 36.9 Å². The Balaban J connectivity index is 1.77. The number of hydrogen-bond acceptors (Lipinski definition) is 4. The van der Waals surface area contributed by atoms with E-state index in [0.717, 1.165) is 36.9 Å². The Morgan fingerprint density at radius 2 is 2.44 bits per heavy atom. The number of aromatic nitrogens is 4. The normalized spacial score (nSPS) is 21.3. The lowest BCUT2D eigenvalue weighted by Gasteiger charge is -2.33. The maximum atomic E-state index is 5.57. The van der Waals surface area contributed by atoms with Crippen LogP contribution in [0.2, 0.25) is 0 Å². The van der Waals surface area contributed by atoms with Crippen molar-refractivity contribution in [1.29, 1.82) is 0 Å². The summed E-state index contributed by atoms with van der Waals surface area (Å²) in [6.07, 6.45) is 5.43. The van der Waals surface area contributed by atoms with Crippen molar-refractivity contribution in [3.05, 3.63) is 35.9 Å². The van der Waals surface area contributed by atoms with Gasteiger partial charge < -0.3 is 14.7 Å². The molecule has 0 aromatic carbocycles. The van der Waals surface area contributed by atoms with Gasteiger partial charge >= 0.3 is 0 Å². The van der Waals surface area contributed by atoms with Gasteiger partial charge in [0.15, 0.2) is 0 Å². The summed E-state index contributed by atoms with van der Waals surface area (Å²) in [6.45, 7) is 5.21. The zero-order chi connectivity index (χ0) is 12.4. The third-order valence-electron chi connectivity index (χ3n) is 3.21. The molecule has 3 rings (SSSR count). The summed E-state index contributed by atoms with van der Waals surface area (Å²) in [6, 6.07) is 0.191. The van der Waals surface area contributed by atoms with Gasteiger partial charge in [-0.05, 0) is 6.92 Å². The largest absolute Gasteiger partial charge is 0.378 e. The molecule has 2 aromatic rings. The van der Waals surface area contributed by atoms with Crippen LogP contribution in [0.5, 0.6) is 0 Å². The van der Waals surface area contributed by atoms with Crippen molar-refractivity contribution in [2.24, 2.45) is 0 Å². The molecule has 0 amide bonds. The van der Waals surface area contributed by atoms with Gasteiger partial charge in [-0.1, -0.05) is 0 Å². The molecule has 3 heterocycles. The number of rotatable bonds is 3. The quantitative estimate of drug-likeness (QED) is 0.849. The van der Waals surface area contributed by atoms with Crippen molar-refractivity contribution in [2.45, 2.75) is 19.5 Å². The monoisotopic (exact) mass is 247 g/mol. The number of aryl methyl sites for hydroxylation is 1. The summed E-state index contributed by atoms with van der Waals surface area (Å²) in [5.74, 6) is 0.978. The number of H-pyrrole nitrogens is 2. The molecule has 1 aliphatic heterocycles. The fourth-order valence-corrected chi connectivity index (χ4v) is 2.27. The van der Waals surface area contributed by atoms with Crippen LogP contribution in [0.25, 0.3) is 0 Å². The lowest BCUT2D eigenvalue weighted by atomic mass is 10.2. The minimum absolute atomic E-state index is 0.191. The molecule has 6 heteroatoms. The Bertz CT molecular complexity index is 492. The van der Waals surface area contributed by atoms with Crippen molar-refractivity contribution in [3.8, 4) is 0 Å². The van der Waals surface area contributed by atoms with Crippen LogP contribution in [-0.4, -0.2) is 44.6 Å². The van der Waals surface area contributed by atoms with Crippen LogP contribution in [0, 0.1) is 6.92 Å². The molecule has 0 aliphatic carbocycles. The summed E-state index contributed by atoms with van der Waals surface area (Å²) in [4.78, 5) is 17.3. The molecule has 0 bridgehead atoms. The minimum Gasteiger partial charge on any atom is -0.378 e. The molecule has 96 valence electrons. The lowest BCUT2D eigenvalue weighted by molar-refractivity contribution is -0.0161. The van der Waals surface area contributed by atoms with Gasteiger partial charge in [0.05, 0.1) is 25.6 Å². The summed E-state index contributed by atoms with van der Waals surface area (Å²) >= 11 is 0. The Morgan fingerprint density at radius 3 is 3.17 bits per heavy atom. The van der Waals surface area contributed by atoms with E-state index in [0.29, 0.717) is 6.61 Å². The molecule has 18 heavy (non-hydrogen) atoms. The highest BCUT2D eigenvalue weighted by atomic mass is 16.5. The summed E-state index contributed by atoms with van der Waals surface area (Å²) in [5.41, 5.74) is 2.20. The van der Waals surface area contributed by atoms with E-state index in [9.17, 15) is 0 Å². The molecule has 2 N–H and O–H groups in total.